The lowest BCUT2D eigenvalue weighted by atomic mass is 10.2. The minimum Gasteiger partial charge on any atom is -0.462 e. The second-order valence-corrected chi connectivity index (χ2v) is 6.94. The zero-order valence-corrected chi connectivity index (χ0v) is 17.8. The average molecular weight is 445 g/mol. The van der Waals surface area contributed by atoms with E-state index in [9.17, 15) is 14.9 Å². The van der Waals surface area contributed by atoms with Gasteiger partial charge in [-0.15, -0.1) is 0 Å². The fourth-order valence-corrected chi connectivity index (χ4v) is 3.17. The van der Waals surface area contributed by atoms with Crippen molar-refractivity contribution in [3.05, 3.63) is 82.3 Å². The fraction of sp³-hybridized carbons (Fsp3) is 0.130. The number of ether oxygens (including phenoxy) is 2. The van der Waals surface area contributed by atoms with Gasteiger partial charge in [-0.25, -0.2) is 14.8 Å². The van der Waals surface area contributed by atoms with Gasteiger partial charge in [-0.3, -0.25) is 10.1 Å². The lowest BCUT2D eigenvalue weighted by Gasteiger charge is -2.11. The number of anilines is 2. The zero-order valence-electron chi connectivity index (χ0n) is 17.8. The number of esters is 1. The van der Waals surface area contributed by atoms with Crippen LogP contribution in [0.4, 0.5) is 17.2 Å². The molecule has 0 bridgehead atoms. The SMILES string of the molecule is CCOC(=O)c1cccc(Nc2ncnc(Oc3cccc4ccc(C)nc34)c2[N+](=O)[O-])c1. The number of aryl methyl sites for hydroxylation is 1. The van der Waals surface area contributed by atoms with Crippen LogP contribution in [0.2, 0.25) is 0 Å². The van der Waals surface area contributed by atoms with E-state index in [4.69, 9.17) is 9.47 Å². The number of aromatic nitrogens is 3. The van der Waals surface area contributed by atoms with Gasteiger partial charge in [-0.1, -0.05) is 24.3 Å². The molecule has 33 heavy (non-hydrogen) atoms. The van der Waals surface area contributed by atoms with Crippen LogP contribution in [0.5, 0.6) is 11.6 Å². The number of carbonyl (C=O) groups excluding carboxylic acids is 1. The Kier molecular flexibility index (Phi) is 6.07. The zero-order chi connectivity index (χ0) is 23.4. The number of fused-ring (bicyclic) bond motifs is 1. The molecule has 0 atom stereocenters. The number of nitrogens with one attached hydrogen (secondary N) is 1. The van der Waals surface area contributed by atoms with E-state index in [1.54, 1.807) is 37.3 Å². The van der Waals surface area contributed by atoms with Crippen molar-refractivity contribution in [2.24, 2.45) is 0 Å². The lowest BCUT2D eigenvalue weighted by Crippen LogP contribution is -2.06. The molecule has 0 aliphatic rings. The average Bonchev–Trinajstić information content (AvgIpc) is 2.80. The molecule has 2 aromatic heterocycles. The predicted molar refractivity (Wildman–Crippen MR) is 121 cm³/mol. The van der Waals surface area contributed by atoms with Gasteiger partial charge >= 0.3 is 17.5 Å². The summed E-state index contributed by atoms with van der Waals surface area (Å²) in [5.41, 5.74) is 1.59. The van der Waals surface area contributed by atoms with E-state index in [1.807, 2.05) is 25.1 Å². The molecule has 4 rings (SSSR count). The van der Waals surface area contributed by atoms with Gasteiger partial charge < -0.3 is 14.8 Å². The number of pyridine rings is 1. The van der Waals surface area contributed by atoms with Gasteiger partial charge in [0.1, 0.15) is 11.8 Å². The Hall–Kier alpha value is -4.60. The largest absolute Gasteiger partial charge is 0.462 e. The first-order chi connectivity index (χ1) is 16.0. The molecule has 0 fully saturated rings. The summed E-state index contributed by atoms with van der Waals surface area (Å²) in [5, 5.41) is 15.6. The first-order valence-electron chi connectivity index (χ1n) is 10.0. The number of rotatable bonds is 7. The number of hydrogen-bond acceptors (Lipinski definition) is 9. The summed E-state index contributed by atoms with van der Waals surface area (Å²) in [5.74, 6) is -0.500. The molecule has 0 saturated carbocycles. The Morgan fingerprint density at radius 1 is 1.12 bits per heavy atom. The van der Waals surface area contributed by atoms with Crippen LogP contribution in [-0.4, -0.2) is 32.5 Å². The van der Waals surface area contributed by atoms with Crippen molar-refractivity contribution >= 4 is 34.1 Å². The first kappa shape index (κ1) is 21.6. The van der Waals surface area contributed by atoms with Crippen LogP contribution in [0.3, 0.4) is 0 Å². The summed E-state index contributed by atoms with van der Waals surface area (Å²) in [4.78, 5) is 35.8. The monoisotopic (exact) mass is 445 g/mol. The Labute approximate surface area is 188 Å². The molecule has 0 unspecified atom stereocenters. The molecule has 1 N–H and O–H groups in total. The molecular weight excluding hydrogens is 426 g/mol. The smallest absolute Gasteiger partial charge is 0.373 e. The van der Waals surface area contributed by atoms with E-state index >= 15 is 0 Å². The predicted octanol–water partition coefficient (Wildman–Crippen LogP) is 4.95. The molecule has 2 aromatic carbocycles. The van der Waals surface area contributed by atoms with Gasteiger partial charge in [0, 0.05) is 16.8 Å². The Morgan fingerprint density at radius 2 is 1.94 bits per heavy atom. The number of nitrogens with zero attached hydrogens (tertiary/aromatic N) is 4. The maximum Gasteiger partial charge on any atom is 0.373 e. The summed E-state index contributed by atoms with van der Waals surface area (Å²) in [7, 11) is 0. The lowest BCUT2D eigenvalue weighted by molar-refractivity contribution is -0.385. The van der Waals surface area contributed by atoms with E-state index in [0.29, 0.717) is 22.5 Å². The molecule has 0 saturated heterocycles. The highest BCUT2D eigenvalue weighted by Gasteiger charge is 2.26. The van der Waals surface area contributed by atoms with Gasteiger partial charge in [0.25, 0.3) is 0 Å². The fourth-order valence-electron chi connectivity index (χ4n) is 3.17. The standard InChI is InChI=1S/C23H19N5O5/c1-3-32-23(29)16-7-4-8-17(12-16)27-21-20(28(30)31)22(25-13-24-21)33-18-9-5-6-15-11-10-14(2)26-19(15)18/h4-13H,3H2,1-2H3,(H,24,25,27). The van der Waals surface area contributed by atoms with E-state index in [1.165, 1.54) is 6.07 Å². The summed E-state index contributed by atoms with van der Waals surface area (Å²) < 4.78 is 10.8. The Bertz CT molecular complexity index is 1360. The topological polar surface area (TPSA) is 129 Å². The van der Waals surface area contributed by atoms with E-state index < -0.39 is 16.6 Å². The molecule has 0 aliphatic heterocycles. The third-order valence-electron chi connectivity index (χ3n) is 4.64. The number of para-hydroxylation sites is 1. The van der Waals surface area contributed by atoms with Gasteiger partial charge in [0.15, 0.2) is 5.75 Å². The Balaban J connectivity index is 1.71. The first-order valence-corrected chi connectivity index (χ1v) is 10.0. The highest BCUT2D eigenvalue weighted by atomic mass is 16.6. The molecule has 10 heteroatoms. The van der Waals surface area contributed by atoms with Crippen LogP contribution >= 0.6 is 0 Å². The molecule has 0 amide bonds. The Morgan fingerprint density at radius 3 is 2.73 bits per heavy atom. The molecule has 0 radical (unpaired) electrons. The highest BCUT2D eigenvalue weighted by Crippen LogP contribution is 2.37. The third kappa shape index (κ3) is 4.69. The van der Waals surface area contributed by atoms with Gasteiger partial charge in [-0.05, 0) is 44.2 Å². The molecule has 166 valence electrons. The summed E-state index contributed by atoms with van der Waals surface area (Å²) >= 11 is 0. The van der Waals surface area contributed by atoms with Crippen molar-refractivity contribution in [2.75, 3.05) is 11.9 Å². The molecular formula is C23H19N5O5. The number of carbonyl (C=O) groups is 1. The number of benzene rings is 2. The van der Waals surface area contributed by atoms with Crippen LogP contribution in [0.1, 0.15) is 23.0 Å². The van der Waals surface area contributed by atoms with Crippen molar-refractivity contribution in [1.29, 1.82) is 0 Å². The van der Waals surface area contributed by atoms with Crippen LogP contribution in [0.25, 0.3) is 10.9 Å². The van der Waals surface area contributed by atoms with E-state index in [0.717, 1.165) is 17.4 Å². The molecule has 0 aliphatic carbocycles. The molecule has 0 spiro atoms. The van der Waals surface area contributed by atoms with Crippen LogP contribution < -0.4 is 10.1 Å². The van der Waals surface area contributed by atoms with Crippen LogP contribution in [0.15, 0.2) is 60.9 Å². The number of hydrogen-bond donors (Lipinski definition) is 1. The molecule has 10 nitrogen and oxygen atoms in total. The normalized spacial score (nSPS) is 10.6. The second-order valence-electron chi connectivity index (χ2n) is 6.94. The van der Waals surface area contributed by atoms with E-state index in [2.05, 4.69) is 20.3 Å². The highest BCUT2D eigenvalue weighted by molar-refractivity contribution is 5.91. The van der Waals surface area contributed by atoms with Crippen molar-refractivity contribution in [3.63, 3.8) is 0 Å². The summed E-state index contributed by atoms with van der Waals surface area (Å²) in [6, 6.07) is 15.4. The molecule has 2 heterocycles. The summed E-state index contributed by atoms with van der Waals surface area (Å²) in [6.45, 7) is 3.78. The third-order valence-corrected chi connectivity index (χ3v) is 4.64. The van der Waals surface area contributed by atoms with Crippen molar-refractivity contribution in [2.45, 2.75) is 13.8 Å². The van der Waals surface area contributed by atoms with Gasteiger partial charge in [-0.2, -0.15) is 4.98 Å². The van der Waals surface area contributed by atoms with E-state index in [-0.39, 0.29) is 18.3 Å². The minimum atomic E-state index is -0.628. The van der Waals surface area contributed by atoms with Gasteiger partial charge in [0.2, 0.25) is 5.82 Å². The maximum absolute atomic E-state index is 12.0. The van der Waals surface area contributed by atoms with Crippen molar-refractivity contribution in [1.82, 2.24) is 15.0 Å². The minimum absolute atomic E-state index is 0.0876. The molecule has 4 aromatic rings. The van der Waals surface area contributed by atoms with Crippen molar-refractivity contribution < 1.29 is 19.2 Å². The quantitative estimate of drug-likeness (QED) is 0.238. The second kappa shape index (κ2) is 9.27. The summed E-state index contributed by atoms with van der Waals surface area (Å²) in [6.07, 6.45) is 1.16. The van der Waals surface area contributed by atoms with Gasteiger partial charge in [0.05, 0.1) is 17.1 Å². The van der Waals surface area contributed by atoms with Crippen molar-refractivity contribution in [3.8, 4) is 11.6 Å². The number of nitro groups is 1. The van der Waals surface area contributed by atoms with Crippen LogP contribution in [-0.2, 0) is 4.74 Å². The van der Waals surface area contributed by atoms with Crippen LogP contribution in [0, 0.1) is 17.0 Å². The maximum atomic E-state index is 12.0.